The van der Waals surface area contributed by atoms with Crippen molar-refractivity contribution < 1.29 is 9.53 Å². The van der Waals surface area contributed by atoms with Gasteiger partial charge in [-0.25, -0.2) is 4.98 Å². The number of hydrogen-bond donors (Lipinski definition) is 0. The summed E-state index contributed by atoms with van der Waals surface area (Å²) >= 11 is 2.21. The Morgan fingerprint density at radius 3 is 2.75 bits per heavy atom. The van der Waals surface area contributed by atoms with E-state index < -0.39 is 0 Å². The lowest BCUT2D eigenvalue weighted by atomic mass is 10.3. The SMILES string of the molecule is O=Cc1ccc(Oc2cccc(I)c2)nc1. The summed E-state index contributed by atoms with van der Waals surface area (Å²) in [6.07, 6.45) is 2.23. The van der Waals surface area contributed by atoms with Crippen LogP contribution in [0.2, 0.25) is 0 Å². The van der Waals surface area contributed by atoms with Crippen LogP contribution in [0.4, 0.5) is 0 Å². The summed E-state index contributed by atoms with van der Waals surface area (Å²) in [7, 11) is 0. The van der Waals surface area contributed by atoms with Crippen LogP contribution in [0.3, 0.4) is 0 Å². The normalized spacial score (nSPS) is 9.81. The molecule has 16 heavy (non-hydrogen) atoms. The van der Waals surface area contributed by atoms with Gasteiger partial charge in [-0.2, -0.15) is 0 Å². The zero-order valence-electron chi connectivity index (χ0n) is 8.26. The molecule has 0 bridgehead atoms. The largest absolute Gasteiger partial charge is 0.439 e. The van der Waals surface area contributed by atoms with Crippen molar-refractivity contribution in [1.82, 2.24) is 4.98 Å². The van der Waals surface area contributed by atoms with Crippen molar-refractivity contribution in [2.45, 2.75) is 0 Å². The molecule has 2 rings (SSSR count). The molecule has 0 aliphatic heterocycles. The molecular weight excluding hydrogens is 317 g/mol. The minimum atomic E-state index is 0.479. The number of carbonyl (C=O) groups excluding carboxylic acids is 1. The number of aldehydes is 1. The lowest BCUT2D eigenvalue weighted by Crippen LogP contribution is -1.89. The molecule has 3 nitrogen and oxygen atoms in total. The number of rotatable bonds is 3. The van der Waals surface area contributed by atoms with Gasteiger partial charge in [0.1, 0.15) is 5.75 Å². The molecule has 0 N–H and O–H groups in total. The van der Waals surface area contributed by atoms with E-state index in [1.807, 2.05) is 24.3 Å². The molecule has 0 amide bonds. The summed E-state index contributed by atoms with van der Waals surface area (Å²) in [4.78, 5) is 14.5. The Bertz CT molecular complexity index is 497. The fraction of sp³-hybridized carbons (Fsp3) is 0. The maximum Gasteiger partial charge on any atom is 0.219 e. The first-order valence-corrected chi connectivity index (χ1v) is 5.70. The number of pyridine rings is 1. The summed E-state index contributed by atoms with van der Waals surface area (Å²) in [5, 5.41) is 0. The van der Waals surface area contributed by atoms with Crippen molar-refractivity contribution in [2.24, 2.45) is 0 Å². The van der Waals surface area contributed by atoms with Crippen LogP contribution in [0.25, 0.3) is 0 Å². The average molecular weight is 325 g/mol. The van der Waals surface area contributed by atoms with Crippen LogP contribution in [0.15, 0.2) is 42.6 Å². The maximum absolute atomic E-state index is 10.4. The smallest absolute Gasteiger partial charge is 0.219 e. The first kappa shape index (κ1) is 11.1. The molecule has 4 heteroatoms. The average Bonchev–Trinajstić information content (AvgIpc) is 2.30. The Kier molecular flexibility index (Phi) is 3.51. The second kappa shape index (κ2) is 5.07. The molecule has 0 saturated heterocycles. The molecule has 0 aliphatic carbocycles. The third-order valence-electron chi connectivity index (χ3n) is 1.91. The third-order valence-corrected chi connectivity index (χ3v) is 2.58. The van der Waals surface area contributed by atoms with Crippen molar-refractivity contribution in [3.63, 3.8) is 0 Å². The van der Waals surface area contributed by atoms with Gasteiger partial charge in [0, 0.05) is 21.4 Å². The Hall–Kier alpha value is -1.43. The van der Waals surface area contributed by atoms with Crippen molar-refractivity contribution >= 4 is 28.9 Å². The van der Waals surface area contributed by atoms with Crippen LogP contribution >= 0.6 is 22.6 Å². The van der Waals surface area contributed by atoms with Gasteiger partial charge in [0.15, 0.2) is 6.29 Å². The van der Waals surface area contributed by atoms with Crippen LogP contribution in [-0.4, -0.2) is 11.3 Å². The van der Waals surface area contributed by atoms with E-state index in [0.717, 1.165) is 15.6 Å². The molecule has 2 aromatic rings. The molecule has 0 unspecified atom stereocenters. The Morgan fingerprint density at radius 2 is 2.12 bits per heavy atom. The molecule has 0 fully saturated rings. The van der Waals surface area contributed by atoms with Gasteiger partial charge in [-0.1, -0.05) is 6.07 Å². The van der Waals surface area contributed by atoms with E-state index in [1.54, 1.807) is 12.1 Å². The highest BCUT2D eigenvalue weighted by Gasteiger charge is 1.99. The zero-order valence-corrected chi connectivity index (χ0v) is 10.4. The number of benzene rings is 1. The Morgan fingerprint density at radius 1 is 1.25 bits per heavy atom. The maximum atomic E-state index is 10.4. The monoisotopic (exact) mass is 325 g/mol. The van der Waals surface area contributed by atoms with E-state index in [9.17, 15) is 4.79 Å². The Labute approximate surface area is 107 Å². The molecule has 0 aliphatic rings. The first-order valence-electron chi connectivity index (χ1n) is 4.62. The van der Waals surface area contributed by atoms with Crippen LogP contribution in [0.5, 0.6) is 11.6 Å². The standard InChI is InChI=1S/C12H8INO2/c13-10-2-1-3-11(6-10)16-12-5-4-9(8-15)7-14-12/h1-8H. The molecule has 0 saturated carbocycles. The zero-order chi connectivity index (χ0) is 11.4. The van der Waals surface area contributed by atoms with Gasteiger partial charge in [0.05, 0.1) is 0 Å². The molecule has 1 aromatic heterocycles. The van der Waals surface area contributed by atoms with E-state index in [-0.39, 0.29) is 0 Å². The number of carbonyl (C=O) groups is 1. The molecule has 0 spiro atoms. The minimum Gasteiger partial charge on any atom is -0.439 e. The molecule has 0 atom stereocenters. The van der Waals surface area contributed by atoms with Crippen molar-refractivity contribution in [1.29, 1.82) is 0 Å². The number of halogens is 1. The topological polar surface area (TPSA) is 39.2 Å². The van der Waals surface area contributed by atoms with E-state index in [4.69, 9.17) is 4.74 Å². The first-order chi connectivity index (χ1) is 7.78. The fourth-order valence-electron chi connectivity index (χ4n) is 1.17. The third kappa shape index (κ3) is 2.79. The molecular formula is C12H8INO2. The predicted molar refractivity (Wildman–Crippen MR) is 68.9 cm³/mol. The quantitative estimate of drug-likeness (QED) is 0.642. The van der Waals surface area contributed by atoms with Crippen LogP contribution in [-0.2, 0) is 0 Å². The van der Waals surface area contributed by atoms with Crippen molar-refractivity contribution in [3.05, 3.63) is 51.7 Å². The number of aromatic nitrogens is 1. The highest BCUT2D eigenvalue weighted by Crippen LogP contribution is 2.20. The van der Waals surface area contributed by atoms with Crippen LogP contribution in [0, 0.1) is 3.57 Å². The summed E-state index contributed by atoms with van der Waals surface area (Å²) < 4.78 is 6.62. The van der Waals surface area contributed by atoms with Gasteiger partial charge >= 0.3 is 0 Å². The van der Waals surface area contributed by atoms with Crippen LogP contribution < -0.4 is 4.74 Å². The number of hydrogen-bond acceptors (Lipinski definition) is 3. The fourth-order valence-corrected chi connectivity index (χ4v) is 1.69. The van der Waals surface area contributed by atoms with E-state index >= 15 is 0 Å². The van der Waals surface area contributed by atoms with Crippen molar-refractivity contribution in [2.75, 3.05) is 0 Å². The predicted octanol–water partition coefficient (Wildman–Crippen LogP) is 3.29. The highest BCUT2D eigenvalue weighted by atomic mass is 127. The highest BCUT2D eigenvalue weighted by molar-refractivity contribution is 14.1. The van der Waals surface area contributed by atoms with E-state index in [0.29, 0.717) is 11.4 Å². The van der Waals surface area contributed by atoms with E-state index in [2.05, 4.69) is 27.6 Å². The second-order valence-electron chi connectivity index (χ2n) is 3.11. The minimum absolute atomic E-state index is 0.479. The van der Waals surface area contributed by atoms with E-state index in [1.165, 1.54) is 6.20 Å². The van der Waals surface area contributed by atoms with Gasteiger partial charge in [-0.15, -0.1) is 0 Å². The lowest BCUT2D eigenvalue weighted by Gasteiger charge is -2.04. The summed E-state index contributed by atoms with van der Waals surface area (Å²) in [6, 6.07) is 11.0. The summed E-state index contributed by atoms with van der Waals surface area (Å²) in [6.45, 7) is 0. The van der Waals surface area contributed by atoms with Crippen LogP contribution in [0.1, 0.15) is 10.4 Å². The van der Waals surface area contributed by atoms with Gasteiger partial charge in [-0.05, 0) is 46.9 Å². The van der Waals surface area contributed by atoms with Crippen molar-refractivity contribution in [3.8, 4) is 11.6 Å². The summed E-state index contributed by atoms with van der Waals surface area (Å²) in [5.41, 5.74) is 0.537. The molecule has 0 radical (unpaired) electrons. The van der Waals surface area contributed by atoms with Gasteiger partial charge in [-0.3, -0.25) is 4.79 Å². The molecule has 1 heterocycles. The molecule has 1 aromatic carbocycles. The number of nitrogens with zero attached hydrogens (tertiary/aromatic N) is 1. The lowest BCUT2D eigenvalue weighted by molar-refractivity contribution is 0.112. The van der Waals surface area contributed by atoms with Gasteiger partial charge in [0.2, 0.25) is 5.88 Å². The molecule has 80 valence electrons. The van der Waals surface area contributed by atoms with Gasteiger partial charge < -0.3 is 4.74 Å². The van der Waals surface area contributed by atoms with Gasteiger partial charge in [0.25, 0.3) is 0 Å². The Balaban J connectivity index is 2.17. The number of ether oxygens (including phenoxy) is 1. The second-order valence-corrected chi connectivity index (χ2v) is 4.35. The summed E-state index contributed by atoms with van der Waals surface area (Å²) in [5.74, 6) is 1.21.